The Morgan fingerprint density at radius 1 is 1.71 bits per heavy atom. The molecule has 6 heteroatoms. The lowest BCUT2D eigenvalue weighted by atomic mass is 10.0. The Hall–Kier alpha value is -0.940. The van der Waals surface area contributed by atoms with Gasteiger partial charge in [-0.25, -0.2) is 4.79 Å². The lowest BCUT2D eigenvalue weighted by Crippen LogP contribution is -2.30. The normalized spacial score (nSPS) is 22.9. The molecular formula is C11H10BrClN2O2. The van der Waals surface area contributed by atoms with Gasteiger partial charge >= 0.3 is 5.97 Å². The number of hydrogen-bond donors (Lipinski definition) is 0. The van der Waals surface area contributed by atoms with Crippen LogP contribution in [0.15, 0.2) is 32.9 Å². The van der Waals surface area contributed by atoms with Crippen LogP contribution in [0.5, 0.6) is 0 Å². The smallest absolute Gasteiger partial charge is 0.342 e. The number of carbonyl (C=O) groups excluding carboxylic acids is 1. The van der Waals surface area contributed by atoms with Crippen LogP contribution < -0.4 is 0 Å². The van der Waals surface area contributed by atoms with E-state index in [2.05, 4.69) is 25.9 Å². The number of halogens is 2. The summed E-state index contributed by atoms with van der Waals surface area (Å²) in [6.07, 6.45) is 4.32. The Morgan fingerprint density at radius 3 is 3.18 bits per heavy atom. The van der Waals surface area contributed by atoms with Crippen LogP contribution in [0.1, 0.15) is 13.3 Å². The molecule has 0 saturated carbocycles. The quantitative estimate of drug-likeness (QED) is 0.735. The van der Waals surface area contributed by atoms with Crippen molar-refractivity contribution in [2.24, 2.45) is 9.98 Å². The number of rotatable bonds is 2. The molecule has 4 nitrogen and oxygen atoms in total. The molecule has 2 aliphatic rings. The number of esters is 1. The van der Waals surface area contributed by atoms with Crippen molar-refractivity contribution in [2.45, 2.75) is 19.4 Å². The van der Waals surface area contributed by atoms with Crippen molar-refractivity contribution >= 4 is 43.8 Å². The van der Waals surface area contributed by atoms with E-state index in [1.807, 2.05) is 6.08 Å². The topological polar surface area (TPSA) is 51.0 Å². The van der Waals surface area contributed by atoms with Crippen LogP contribution in [0.3, 0.4) is 0 Å². The first-order chi connectivity index (χ1) is 8.15. The van der Waals surface area contributed by atoms with E-state index in [9.17, 15) is 4.79 Å². The molecule has 0 spiro atoms. The summed E-state index contributed by atoms with van der Waals surface area (Å²) in [6, 6.07) is -0.111. The third-order valence-electron chi connectivity index (χ3n) is 2.39. The summed E-state index contributed by atoms with van der Waals surface area (Å²) in [5.74, 6) is -0.483. The SMILES string of the molecule is CCOC(=O)C1=C(Cl)C2=NC=CCC2N=C1Br. The molecule has 2 aliphatic heterocycles. The number of nitrogens with zero attached hydrogens (tertiary/aromatic N) is 2. The fourth-order valence-corrected chi connectivity index (χ4v) is 2.70. The third-order valence-corrected chi connectivity index (χ3v) is 3.38. The van der Waals surface area contributed by atoms with Crippen molar-refractivity contribution in [1.29, 1.82) is 0 Å². The number of ether oxygens (including phenoxy) is 1. The van der Waals surface area contributed by atoms with Gasteiger partial charge in [-0.15, -0.1) is 0 Å². The second kappa shape index (κ2) is 5.14. The van der Waals surface area contributed by atoms with Gasteiger partial charge in [0, 0.05) is 6.20 Å². The minimum Gasteiger partial charge on any atom is -0.462 e. The van der Waals surface area contributed by atoms with E-state index >= 15 is 0 Å². The van der Waals surface area contributed by atoms with E-state index in [0.29, 0.717) is 22.0 Å². The Morgan fingerprint density at radius 2 is 2.47 bits per heavy atom. The van der Waals surface area contributed by atoms with Gasteiger partial charge in [0.15, 0.2) is 0 Å². The molecule has 1 atom stereocenters. The maximum absolute atomic E-state index is 11.7. The Balaban J connectivity index is 2.42. The Bertz CT molecular complexity index is 480. The van der Waals surface area contributed by atoms with Crippen molar-refractivity contribution in [1.82, 2.24) is 0 Å². The predicted molar refractivity (Wildman–Crippen MR) is 70.9 cm³/mol. The first-order valence-electron chi connectivity index (χ1n) is 5.18. The summed E-state index contributed by atoms with van der Waals surface area (Å²) in [5.41, 5.74) is 0.874. The molecular weight excluding hydrogens is 307 g/mol. The van der Waals surface area contributed by atoms with Gasteiger partial charge in [0.25, 0.3) is 0 Å². The van der Waals surface area contributed by atoms with E-state index in [0.717, 1.165) is 6.42 Å². The second-order valence-corrected chi connectivity index (χ2v) is 4.61. The van der Waals surface area contributed by atoms with Crippen LogP contribution in [0.2, 0.25) is 0 Å². The van der Waals surface area contributed by atoms with Crippen LogP contribution in [0, 0.1) is 0 Å². The monoisotopic (exact) mass is 316 g/mol. The summed E-state index contributed by atoms with van der Waals surface area (Å²) < 4.78 is 5.37. The number of fused-ring (bicyclic) bond motifs is 1. The van der Waals surface area contributed by atoms with Gasteiger partial charge in [-0.1, -0.05) is 17.7 Å². The number of aliphatic imine (C=N–C) groups is 2. The van der Waals surface area contributed by atoms with Gasteiger partial charge in [-0.05, 0) is 29.3 Å². The van der Waals surface area contributed by atoms with Gasteiger partial charge in [0.1, 0.15) is 10.2 Å². The highest BCUT2D eigenvalue weighted by atomic mass is 79.9. The second-order valence-electron chi connectivity index (χ2n) is 3.48. The van der Waals surface area contributed by atoms with E-state index < -0.39 is 5.97 Å². The minimum absolute atomic E-state index is 0.111. The molecule has 2 rings (SSSR count). The molecule has 0 radical (unpaired) electrons. The molecule has 0 saturated heterocycles. The Kier molecular flexibility index (Phi) is 3.79. The fourth-order valence-electron chi connectivity index (χ4n) is 1.63. The zero-order chi connectivity index (χ0) is 12.4. The number of hydrogen-bond acceptors (Lipinski definition) is 4. The Labute approximate surface area is 112 Å². The molecule has 0 aromatic carbocycles. The van der Waals surface area contributed by atoms with Crippen LogP contribution in [0.25, 0.3) is 0 Å². The maximum atomic E-state index is 11.7. The largest absolute Gasteiger partial charge is 0.462 e. The van der Waals surface area contributed by atoms with Crippen LogP contribution in [-0.4, -0.2) is 29.0 Å². The molecule has 0 amide bonds. The summed E-state index contributed by atoms with van der Waals surface area (Å²) in [6.45, 7) is 2.03. The highest BCUT2D eigenvalue weighted by Crippen LogP contribution is 2.29. The van der Waals surface area contributed by atoms with E-state index in [-0.39, 0.29) is 11.6 Å². The standard InChI is InChI=1S/C11H10BrClN2O2/c1-2-17-11(16)7-8(13)9-6(15-10(7)12)4-3-5-14-9/h3,5-6H,2,4H2,1H3. The molecule has 0 bridgehead atoms. The van der Waals surface area contributed by atoms with Crippen LogP contribution >= 0.6 is 27.5 Å². The third kappa shape index (κ3) is 2.35. The average Bonchev–Trinajstić information content (AvgIpc) is 2.29. The molecule has 0 aromatic rings. The molecule has 0 fully saturated rings. The summed E-state index contributed by atoms with van der Waals surface area (Å²) in [7, 11) is 0. The first kappa shape index (κ1) is 12.5. The maximum Gasteiger partial charge on any atom is 0.342 e. The van der Waals surface area contributed by atoms with E-state index in [4.69, 9.17) is 16.3 Å². The lowest BCUT2D eigenvalue weighted by Gasteiger charge is -2.22. The van der Waals surface area contributed by atoms with Gasteiger partial charge in [-0.3, -0.25) is 9.98 Å². The summed E-state index contributed by atoms with van der Waals surface area (Å²) in [5, 5.41) is 0.319. The average molecular weight is 318 g/mol. The molecule has 0 aliphatic carbocycles. The van der Waals surface area contributed by atoms with Gasteiger partial charge in [-0.2, -0.15) is 0 Å². The van der Waals surface area contributed by atoms with Crippen LogP contribution in [-0.2, 0) is 9.53 Å². The summed E-state index contributed by atoms with van der Waals surface area (Å²) >= 11 is 9.44. The van der Waals surface area contributed by atoms with Crippen molar-refractivity contribution in [3.63, 3.8) is 0 Å². The van der Waals surface area contributed by atoms with Gasteiger partial charge in [0.2, 0.25) is 0 Å². The highest BCUT2D eigenvalue weighted by Gasteiger charge is 2.32. The zero-order valence-corrected chi connectivity index (χ0v) is 11.5. The molecule has 0 aromatic heterocycles. The predicted octanol–water partition coefficient (Wildman–Crippen LogP) is 2.58. The molecule has 2 heterocycles. The van der Waals surface area contributed by atoms with Crippen molar-refractivity contribution in [2.75, 3.05) is 6.61 Å². The molecule has 1 unspecified atom stereocenters. The van der Waals surface area contributed by atoms with E-state index in [1.54, 1.807) is 13.1 Å². The molecule has 17 heavy (non-hydrogen) atoms. The highest BCUT2D eigenvalue weighted by molar-refractivity contribution is 9.18. The molecule has 0 N–H and O–H groups in total. The summed E-state index contributed by atoms with van der Waals surface area (Å²) in [4.78, 5) is 20.3. The lowest BCUT2D eigenvalue weighted by molar-refractivity contribution is -0.137. The van der Waals surface area contributed by atoms with Gasteiger partial charge in [0.05, 0.1) is 23.4 Å². The zero-order valence-electron chi connectivity index (χ0n) is 9.11. The van der Waals surface area contributed by atoms with Crippen LogP contribution in [0.4, 0.5) is 0 Å². The number of carbonyl (C=O) groups is 1. The number of dihydropyridines is 1. The fraction of sp³-hybridized carbons (Fsp3) is 0.364. The molecule has 90 valence electrons. The van der Waals surface area contributed by atoms with Crippen molar-refractivity contribution in [3.8, 4) is 0 Å². The first-order valence-corrected chi connectivity index (χ1v) is 6.36. The van der Waals surface area contributed by atoms with Gasteiger partial charge < -0.3 is 4.74 Å². The minimum atomic E-state index is -0.483. The van der Waals surface area contributed by atoms with Crippen molar-refractivity contribution in [3.05, 3.63) is 22.9 Å². The van der Waals surface area contributed by atoms with Crippen molar-refractivity contribution < 1.29 is 9.53 Å². The van der Waals surface area contributed by atoms with E-state index in [1.165, 1.54) is 0 Å².